The lowest BCUT2D eigenvalue weighted by atomic mass is 10.1. The molecule has 0 fully saturated rings. The zero-order valence-corrected chi connectivity index (χ0v) is 18.1. The van der Waals surface area contributed by atoms with E-state index in [0.29, 0.717) is 45.7 Å². The Morgan fingerprint density at radius 1 is 1.32 bits per heavy atom. The number of benzene rings is 1. The molecule has 8 nitrogen and oxygen atoms in total. The summed E-state index contributed by atoms with van der Waals surface area (Å²) >= 11 is 1.10. The second-order valence-corrected chi connectivity index (χ2v) is 7.87. The molecule has 3 aromatic rings. The van der Waals surface area contributed by atoms with Gasteiger partial charge in [-0.3, -0.25) is 9.78 Å². The number of carbonyl (C=O) groups excluding carboxylic acids is 1. The van der Waals surface area contributed by atoms with Crippen LogP contribution in [0.15, 0.2) is 42.7 Å². The second-order valence-electron chi connectivity index (χ2n) is 6.87. The van der Waals surface area contributed by atoms with Crippen molar-refractivity contribution in [1.29, 1.82) is 5.26 Å². The van der Waals surface area contributed by atoms with E-state index in [2.05, 4.69) is 16.0 Å². The average molecular weight is 439 g/mol. The number of hydrogen-bond acceptors (Lipinski definition) is 7. The number of rotatable bonds is 6. The third-order valence-corrected chi connectivity index (χ3v) is 5.05. The lowest BCUT2D eigenvalue weighted by Gasteiger charge is -2.10. The van der Waals surface area contributed by atoms with E-state index in [0.717, 1.165) is 11.3 Å². The topological polar surface area (TPSA) is 139 Å². The zero-order chi connectivity index (χ0) is 23.0. The van der Waals surface area contributed by atoms with Gasteiger partial charge in [0, 0.05) is 18.0 Å². The van der Waals surface area contributed by atoms with Crippen LogP contribution in [-0.4, -0.2) is 33.6 Å². The van der Waals surface area contributed by atoms with Crippen LogP contribution < -0.4 is 10.5 Å². The molecule has 1 amide bonds. The number of nitrogens with two attached hydrogens (primary N) is 1. The molecule has 3 rings (SSSR count). The average Bonchev–Trinajstić information content (AvgIpc) is 3.15. The standard InChI is InChI=1S/C16H16N2O3S.C6H6N2O/c1-9(2)8-21-13-5-4-11(6-12(13)7-17)15-18-10(3)14(22-15)16(19)20;7-6(9)5-2-1-3-8-4-5/h4-6,9H,8H2,1-3H3,(H,19,20);1-4H,(H2,7,9). The lowest BCUT2D eigenvalue weighted by molar-refractivity contribution is 0.0701. The molecule has 0 spiro atoms. The summed E-state index contributed by atoms with van der Waals surface area (Å²) in [5.74, 6) is -0.528. The van der Waals surface area contributed by atoms with E-state index in [1.807, 2.05) is 13.8 Å². The molecule has 0 saturated carbocycles. The predicted molar refractivity (Wildman–Crippen MR) is 117 cm³/mol. The fraction of sp³-hybridized carbons (Fsp3) is 0.227. The number of carboxylic acids is 1. The molecule has 1 aromatic carbocycles. The highest BCUT2D eigenvalue weighted by Crippen LogP contribution is 2.31. The first-order chi connectivity index (χ1) is 14.7. The summed E-state index contributed by atoms with van der Waals surface area (Å²) in [7, 11) is 0. The van der Waals surface area contributed by atoms with Gasteiger partial charge in [0.25, 0.3) is 0 Å². The maximum Gasteiger partial charge on any atom is 0.347 e. The molecular formula is C22H22N4O4S. The second kappa shape index (κ2) is 10.8. The molecule has 0 unspecified atom stereocenters. The highest BCUT2D eigenvalue weighted by Gasteiger charge is 2.16. The van der Waals surface area contributed by atoms with Crippen LogP contribution in [0.2, 0.25) is 0 Å². The molecular weight excluding hydrogens is 416 g/mol. The van der Waals surface area contributed by atoms with Crippen molar-refractivity contribution in [1.82, 2.24) is 9.97 Å². The Morgan fingerprint density at radius 2 is 2.06 bits per heavy atom. The molecule has 9 heteroatoms. The number of ether oxygens (including phenoxy) is 1. The van der Waals surface area contributed by atoms with Gasteiger partial charge in [-0.15, -0.1) is 11.3 Å². The number of aromatic carboxylic acids is 1. The van der Waals surface area contributed by atoms with Gasteiger partial charge < -0.3 is 15.6 Å². The predicted octanol–water partition coefficient (Wildman–Crippen LogP) is 3.90. The first-order valence-corrected chi connectivity index (χ1v) is 10.1. The van der Waals surface area contributed by atoms with E-state index in [1.165, 1.54) is 6.20 Å². The monoisotopic (exact) mass is 438 g/mol. The number of carbonyl (C=O) groups is 2. The molecule has 0 radical (unpaired) electrons. The minimum Gasteiger partial charge on any atom is -0.492 e. The lowest BCUT2D eigenvalue weighted by Crippen LogP contribution is -2.10. The minimum absolute atomic E-state index is 0.216. The largest absolute Gasteiger partial charge is 0.492 e. The number of amides is 1. The summed E-state index contributed by atoms with van der Waals surface area (Å²) in [5.41, 5.74) is 6.99. The van der Waals surface area contributed by atoms with Crippen LogP contribution in [0.1, 0.15) is 45.1 Å². The smallest absolute Gasteiger partial charge is 0.347 e. The first kappa shape index (κ1) is 23.5. The Labute approximate surface area is 184 Å². The van der Waals surface area contributed by atoms with Gasteiger partial charge in [-0.25, -0.2) is 9.78 Å². The Bertz CT molecular complexity index is 1100. The van der Waals surface area contributed by atoms with Gasteiger partial charge in [0.05, 0.1) is 23.4 Å². The molecule has 2 heterocycles. The van der Waals surface area contributed by atoms with Gasteiger partial charge in [0.2, 0.25) is 5.91 Å². The number of primary amides is 1. The molecule has 0 aliphatic heterocycles. The van der Waals surface area contributed by atoms with Crippen LogP contribution in [0.5, 0.6) is 5.75 Å². The van der Waals surface area contributed by atoms with Crippen molar-refractivity contribution < 1.29 is 19.4 Å². The summed E-state index contributed by atoms with van der Waals surface area (Å²) in [6.07, 6.45) is 3.02. The Morgan fingerprint density at radius 3 is 2.55 bits per heavy atom. The van der Waals surface area contributed by atoms with Crippen LogP contribution in [0.4, 0.5) is 0 Å². The van der Waals surface area contributed by atoms with Gasteiger partial charge in [-0.2, -0.15) is 5.26 Å². The number of nitriles is 1. The quantitative estimate of drug-likeness (QED) is 0.595. The first-order valence-electron chi connectivity index (χ1n) is 9.30. The minimum atomic E-state index is -0.987. The van der Waals surface area contributed by atoms with Crippen LogP contribution in [-0.2, 0) is 0 Å². The number of thiazole rings is 1. The molecule has 2 aromatic heterocycles. The summed E-state index contributed by atoms with van der Waals surface area (Å²) in [4.78, 5) is 29.7. The van der Waals surface area contributed by atoms with E-state index in [4.69, 9.17) is 15.6 Å². The van der Waals surface area contributed by atoms with E-state index in [-0.39, 0.29) is 4.88 Å². The van der Waals surface area contributed by atoms with Gasteiger partial charge in [0.15, 0.2) is 0 Å². The molecule has 0 atom stereocenters. The van der Waals surface area contributed by atoms with Crippen molar-refractivity contribution in [3.05, 3.63) is 64.4 Å². The van der Waals surface area contributed by atoms with Crippen molar-refractivity contribution in [3.8, 4) is 22.4 Å². The molecule has 3 N–H and O–H groups in total. The molecule has 0 aliphatic carbocycles. The van der Waals surface area contributed by atoms with Crippen LogP contribution >= 0.6 is 11.3 Å². The highest BCUT2D eigenvalue weighted by molar-refractivity contribution is 7.17. The molecule has 160 valence electrons. The summed E-state index contributed by atoms with van der Waals surface area (Å²) in [6.45, 7) is 6.26. The van der Waals surface area contributed by atoms with Crippen molar-refractivity contribution in [2.75, 3.05) is 6.61 Å². The van der Waals surface area contributed by atoms with Crippen molar-refractivity contribution >= 4 is 23.2 Å². The molecule has 0 aliphatic rings. The summed E-state index contributed by atoms with van der Waals surface area (Å²) in [6, 6.07) is 10.6. The van der Waals surface area contributed by atoms with Crippen molar-refractivity contribution in [3.63, 3.8) is 0 Å². The van der Waals surface area contributed by atoms with Crippen LogP contribution in [0, 0.1) is 24.2 Å². The molecule has 0 bridgehead atoms. The fourth-order valence-electron chi connectivity index (χ4n) is 2.36. The molecule has 0 saturated heterocycles. The third kappa shape index (κ3) is 6.62. The number of aromatic nitrogens is 2. The van der Waals surface area contributed by atoms with Gasteiger partial charge in [-0.05, 0) is 43.2 Å². The van der Waals surface area contributed by atoms with Gasteiger partial charge in [-0.1, -0.05) is 13.8 Å². The Kier molecular flexibility index (Phi) is 8.23. The Balaban J connectivity index is 0.000000316. The fourth-order valence-corrected chi connectivity index (χ4v) is 3.26. The van der Waals surface area contributed by atoms with E-state index in [9.17, 15) is 14.9 Å². The van der Waals surface area contributed by atoms with E-state index in [1.54, 1.807) is 43.5 Å². The number of hydrogen-bond donors (Lipinski definition) is 2. The van der Waals surface area contributed by atoms with Crippen LogP contribution in [0.25, 0.3) is 10.6 Å². The van der Waals surface area contributed by atoms with Gasteiger partial charge in [0.1, 0.15) is 21.7 Å². The van der Waals surface area contributed by atoms with E-state index < -0.39 is 11.9 Å². The summed E-state index contributed by atoms with van der Waals surface area (Å²) < 4.78 is 5.61. The van der Waals surface area contributed by atoms with Crippen LogP contribution in [0.3, 0.4) is 0 Å². The number of pyridine rings is 1. The SMILES string of the molecule is Cc1nc(-c2ccc(OCC(C)C)c(C#N)c2)sc1C(=O)O.NC(=O)c1cccnc1. The van der Waals surface area contributed by atoms with Crippen molar-refractivity contribution in [2.45, 2.75) is 20.8 Å². The van der Waals surface area contributed by atoms with E-state index >= 15 is 0 Å². The Hall–Kier alpha value is -3.77. The number of aryl methyl sites for hydroxylation is 1. The zero-order valence-electron chi connectivity index (χ0n) is 17.3. The van der Waals surface area contributed by atoms with Crippen molar-refractivity contribution in [2.24, 2.45) is 11.7 Å². The highest BCUT2D eigenvalue weighted by atomic mass is 32.1. The number of nitrogens with zero attached hydrogens (tertiary/aromatic N) is 3. The maximum absolute atomic E-state index is 11.1. The third-order valence-electron chi connectivity index (χ3n) is 3.86. The summed E-state index contributed by atoms with van der Waals surface area (Å²) in [5, 5.41) is 18.9. The van der Waals surface area contributed by atoms with Gasteiger partial charge >= 0.3 is 5.97 Å². The number of carboxylic acid groups (broad SMARTS) is 1. The maximum atomic E-state index is 11.1. The molecule has 31 heavy (non-hydrogen) atoms. The normalized spacial score (nSPS) is 10.0.